The first-order chi connectivity index (χ1) is 12.1. The molecule has 2 aromatic carbocycles. The molecule has 0 bridgehead atoms. The number of benzene rings is 2. The van der Waals surface area contributed by atoms with E-state index in [9.17, 15) is 9.59 Å². The molecule has 25 heavy (non-hydrogen) atoms. The number of amides is 1. The second-order valence-corrected chi connectivity index (χ2v) is 7.16. The molecule has 0 unspecified atom stereocenters. The monoisotopic (exact) mass is 335 g/mol. The summed E-state index contributed by atoms with van der Waals surface area (Å²) in [6.45, 7) is 0.962. The average molecular weight is 335 g/mol. The van der Waals surface area contributed by atoms with Gasteiger partial charge >= 0.3 is 0 Å². The molecule has 1 atom stereocenters. The third-order valence-corrected chi connectivity index (χ3v) is 5.55. The molecule has 0 radical (unpaired) electrons. The summed E-state index contributed by atoms with van der Waals surface area (Å²) in [6.07, 6.45) is 2.30. The van der Waals surface area contributed by atoms with E-state index >= 15 is 0 Å². The predicted octanol–water partition coefficient (Wildman–Crippen LogP) is 2.38. The number of likely N-dealkylation sites (tertiary alicyclic amines) is 1. The van der Waals surface area contributed by atoms with Gasteiger partial charge in [0.15, 0.2) is 5.78 Å². The van der Waals surface area contributed by atoms with Crippen LogP contribution in [-0.2, 0) is 24.2 Å². The van der Waals surface area contributed by atoms with Gasteiger partial charge < -0.3 is 10.0 Å². The van der Waals surface area contributed by atoms with Gasteiger partial charge in [-0.15, -0.1) is 0 Å². The highest BCUT2D eigenvalue weighted by atomic mass is 16.3. The Hall–Kier alpha value is -2.46. The van der Waals surface area contributed by atoms with Gasteiger partial charge in [-0.3, -0.25) is 9.59 Å². The van der Waals surface area contributed by atoms with Crippen molar-refractivity contribution >= 4 is 11.7 Å². The average Bonchev–Trinajstić information content (AvgIpc) is 3.16. The number of hydrogen-bond acceptors (Lipinski definition) is 3. The minimum absolute atomic E-state index is 0.225. The summed E-state index contributed by atoms with van der Waals surface area (Å²) in [5, 5.41) is 9.05. The number of aliphatic hydroxyl groups excluding tert-OH is 1. The van der Waals surface area contributed by atoms with Crippen LogP contribution in [-0.4, -0.2) is 34.8 Å². The minimum atomic E-state index is -0.478. The molecule has 0 aromatic heterocycles. The number of aliphatic hydroxyl groups is 1. The summed E-state index contributed by atoms with van der Waals surface area (Å²) in [5.41, 5.74) is 3.57. The lowest BCUT2D eigenvalue weighted by Gasteiger charge is -2.22. The summed E-state index contributed by atoms with van der Waals surface area (Å²) in [7, 11) is 0. The van der Waals surface area contributed by atoms with Crippen LogP contribution in [0.5, 0.6) is 0 Å². The number of ketones is 1. The van der Waals surface area contributed by atoms with Crippen LogP contribution in [0, 0.1) is 5.41 Å². The number of carbonyl (C=O) groups is 2. The number of Topliss-reactive ketones (excluding diaryl/α,β-unsaturated/α-hetero) is 1. The number of hydrogen-bond donors (Lipinski definition) is 1. The van der Waals surface area contributed by atoms with Crippen molar-refractivity contribution in [2.45, 2.75) is 25.8 Å². The molecule has 2 aliphatic rings. The topological polar surface area (TPSA) is 57.6 Å². The van der Waals surface area contributed by atoms with Gasteiger partial charge in [-0.05, 0) is 42.0 Å². The molecule has 1 fully saturated rings. The first-order valence-electron chi connectivity index (χ1n) is 8.70. The molecule has 1 N–H and O–H groups in total. The van der Waals surface area contributed by atoms with Gasteiger partial charge in [0.2, 0.25) is 5.91 Å². The molecule has 128 valence electrons. The second-order valence-electron chi connectivity index (χ2n) is 7.16. The zero-order valence-corrected chi connectivity index (χ0v) is 14.1. The van der Waals surface area contributed by atoms with Gasteiger partial charge in [-0.1, -0.05) is 42.5 Å². The van der Waals surface area contributed by atoms with Crippen LogP contribution in [0.1, 0.15) is 33.5 Å². The Balaban J connectivity index is 1.54. The SMILES string of the molecule is O=C(CO)c1ccc2c(c1)C[C@]1(CCN(Cc3ccccc3)C1=O)C2. The molecule has 2 aromatic rings. The summed E-state index contributed by atoms with van der Waals surface area (Å²) in [6, 6.07) is 15.6. The maximum Gasteiger partial charge on any atom is 0.229 e. The largest absolute Gasteiger partial charge is 0.388 e. The Bertz CT molecular complexity index is 830. The van der Waals surface area contributed by atoms with Crippen LogP contribution in [0.2, 0.25) is 0 Å². The fourth-order valence-electron chi connectivity index (χ4n) is 4.19. The Morgan fingerprint density at radius 3 is 2.60 bits per heavy atom. The van der Waals surface area contributed by atoms with Gasteiger partial charge in [-0.25, -0.2) is 0 Å². The molecular formula is C21H21NO3. The lowest BCUT2D eigenvalue weighted by atomic mass is 9.83. The molecule has 4 heteroatoms. The molecule has 1 heterocycles. The first kappa shape index (κ1) is 16.0. The fourth-order valence-corrected chi connectivity index (χ4v) is 4.19. The lowest BCUT2D eigenvalue weighted by Crippen LogP contribution is -2.34. The molecule has 1 aliphatic heterocycles. The smallest absolute Gasteiger partial charge is 0.229 e. The normalized spacial score (nSPS) is 21.8. The molecule has 1 amide bonds. The quantitative estimate of drug-likeness (QED) is 0.873. The van der Waals surface area contributed by atoms with Crippen molar-refractivity contribution < 1.29 is 14.7 Å². The zero-order chi connectivity index (χ0) is 17.4. The van der Waals surface area contributed by atoms with Crippen molar-refractivity contribution in [3.8, 4) is 0 Å². The van der Waals surface area contributed by atoms with Gasteiger partial charge in [-0.2, -0.15) is 0 Å². The standard InChI is InChI=1S/C21H21NO3/c23-14-19(24)16-6-7-17-11-21(12-18(17)10-16)8-9-22(20(21)25)13-15-4-2-1-3-5-15/h1-7,10,23H,8-9,11-14H2/t21-/m0/s1. The van der Waals surface area contributed by atoms with Gasteiger partial charge in [0, 0.05) is 18.7 Å². The number of fused-ring (bicyclic) bond motifs is 1. The number of rotatable bonds is 4. The Morgan fingerprint density at radius 1 is 1.08 bits per heavy atom. The van der Waals surface area contributed by atoms with Gasteiger partial charge in [0.25, 0.3) is 0 Å². The van der Waals surface area contributed by atoms with Crippen molar-refractivity contribution in [1.82, 2.24) is 4.90 Å². The third kappa shape index (κ3) is 2.76. The van der Waals surface area contributed by atoms with Crippen LogP contribution in [0.25, 0.3) is 0 Å². The Morgan fingerprint density at radius 2 is 1.84 bits per heavy atom. The minimum Gasteiger partial charge on any atom is -0.388 e. The lowest BCUT2D eigenvalue weighted by molar-refractivity contribution is -0.136. The molecule has 1 spiro atoms. The van der Waals surface area contributed by atoms with Crippen LogP contribution in [0.3, 0.4) is 0 Å². The molecule has 4 nitrogen and oxygen atoms in total. The van der Waals surface area contributed by atoms with Crippen molar-refractivity contribution in [1.29, 1.82) is 0 Å². The van der Waals surface area contributed by atoms with E-state index in [0.717, 1.165) is 36.1 Å². The van der Waals surface area contributed by atoms with Crippen molar-refractivity contribution in [2.75, 3.05) is 13.2 Å². The van der Waals surface area contributed by atoms with E-state index in [4.69, 9.17) is 5.11 Å². The summed E-state index contributed by atoms with van der Waals surface area (Å²) in [5.74, 6) is -0.0465. The van der Waals surface area contributed by atoms with Crippen molar-refractivity contribution in [3.05, 3.63) is 70.8 Å². The summed E-state index contributed by atoms with van der Waals surface area (Å²) >= 11 is 0. The van der Waals surface area contributed by atoms with E-state index in [1.807, 2.05) is 35.2 Å². The molecule has 0 saturated carbocycles. The molecule has 4 rings (SSSR count). The first-order valence-corrected chi connectivity index (χ1v) is 8.70. The highest BCUT2D eigenvalue weighted by Gasteiger charge is 2.49. The van der Waals surface area contributed by atoms with E-state index in [-0.39, 0.29) is 17.1 Å². The molecule has 1 saturated heterocycles. The molecular weight excluding hydrogens is 314 g/mol. The highest BCUT2D eigenvalue weighted by Crippen LogP contribution is 2.45. The molecule has 1 aliphatic carbocycles. The third-order valence-electron chi connectivity index (χ3n) is 5.55. The fraction of sp³-hybridized carbons (Fsp3) is 0.333. The number of nitrogens with zero attached hydrogens (tertiary/aromatic N) is 1. The maximum absolute atomic E-state index is 13.1. The van der Waals surface area contributed by atoms with Crippen LogP contribution < -0.4 is 0 Å². The summed E-state index contributed by atoms with van der Waals surface area (Å²) in [4.78, 5) is 26.8. The highest BCUT2D eigenvalue weighted by molar-refractivity contribution is 5.97. The maximum atomic E-state index is 13.1. The Labute approximate surface area is 147 Å². The zero-order valence-electron chi connectivity index (χ0n) is 14.1. The number of carbonyl (C=O) groups excluding carboxylic acids is 2. The Kier molecular flexibility index (Phi) is 3.92. The van der Waals surface area contributed by atoms with E-state index in [0.29, 0.717) is 18.5 Å². The van der Waals surface area contributed by atoms with Crippen molar-refractivity contribution in [2.24, 2.45) is 5.41 Å². The predicted molar refractivity (Wildman–Crippen MR) is 94.2 cm³/mol. The van der Waals surface area contributed by atoms with E-state index in [2.05, 4.69) is 12.1 Å². The van der Waals surface area contributed by atoms with E-state index in [1.54, 1.807) is 6.07 Å². The van der Waals surface area contributed by atoms with E-state index in [1.165, 1.54) is 0 Å². The van der Waals surface area contributed by atoms with E-state index < -0.39 is 6.61 Å². The van der Waals surface area contributed by atoms with Crippen LogP contribution in [0.15, 0.2) is 48.5 Å². The second kappa shape index (κ2) is 6.12. The van der Waals surface area contributed by atoms with Crippen molar-refractivity contribution in [3.63, 3.8) is 0 Å². The van der Waals surface area contributed by atoms with Gasteiger partial charge in [0.1, 0.15) is 6.61 Å². The van der Waals surface area contributed by atoms with Crippen LogP contribution >= 0.6 is 0 Å². The van der Waals surface area contributed by atoms with Gasteiger partial charge in [0.05, 0.1) is 5.41 Å². The van der Waals surface area contributed by atoms with Crippen LogP contribution in [0.4, 0.5) is 0 Å². The summed E-state index contributed by atoms with van der Waals surface area (Å²) < 4.78 is 0.